The lowest BCUT2D eigenvalue weighted by molar-refractivity contribution is 0.0571. The van der Waals surface area contributed by atoms with Crippen LogP contribution in [0.1, 0.15) is 33.7 Å². The molecule has 2 fully saturated rings. The van der Waals surface area contributed by atoms with Gasteiger partial charge in [0.15, 0.2) is 5.82 Å². The van der Waals surface area contributed by atoms with Crippen molar-refractivity contribution in [2.75, 3.05) is 18.0 Å². The van der Waals surface area contributed by atoms with Gasteiger partial charge < -0.3 is 9.42 Å². The Bertz CT molecular complexity index is 1120. The highest BCUT2D eigenvalue weighted by Crippen LogP contribution is 2.57. The average molecular weight is 407 g/mol. The van der Waals surface area contributed by atoms with E-state index in [2.05, 4.69) is 30.4 Å². The van der Waals surface area contributed by atoms with Gasteiger partial charge in [0.1, 0.15) is 6.54 Å². The summed E-state index contributed by atoms with van der Waals surface area (Å²) in [5, 5.41) is 5.64. The summed E-state index contributed by atoms with van der Waals surface area (Å²) in [6.07, 6.45) is 3.16. The lowest BCUT2D eigenvalue weighted by atomic mass is 10.1. The fraction of sp³-hybridized carbons (Fsp3) is 0.350. The van der Waals surface area contributed by atoms with Gasteiger partial charge >= 0.3 is 0 Å². The second-order valence-corrected chi connectivity index (χ2v) is 7.87. The van der Waals surface area contributed by atoms with Crippen molar-refractivity contribution >= 4 is 11.6 Å². The Morgan fingerprint density at radius 1 is 1.20 bits per heavy atom. The van der Waals surface area contributed by atoms with Crippen LogP contribution < -0.4 is 10.3 Å². The van der Waals surface area contributed by atoms with Crippen LogP contribution >= 0.6 is 0 Å². The normalized spacial score (nSPS) is 24.7. The molecule has 1 saturated heterocycles. The number of aromatic nitrogens is 4. The number of fused-ring (bicyclic) bond motifs is 2. The lowest BCUT2D eigenvalue weighted by Gasteiger charge is -2.27. The maximum atomic E-state index is 13.4. The summed E-state index contributed by atoms with van der Waals surface area (Å²) < 4.78 is 18.8. The largest absolute Gasteiger partial charge is 0.371 e. The molecule has 1 N–H and O–H groups in total. The first-order valence-electron chi connectivity index (χ1n) is 9.85. The molecule has 2 aliphatic heterocycles. The minimum absolute atomic E-state index is 0.160. The Kier molecular flexibility index (Phi) is 3.82. The van der Waals surface area contributed by atoms with Gasteiger partial charge in [-0.15, -0.1) is 0 Å². The summed E-state index contributed by atoms with van der Waals surface area (Å²) in [6.45, 7) is 2.34. The summed E-state index contributed by atoms with van der Waals surface area (Å²) in [7, 11) is 0. The SMILES string of the molecule is O=C1c2cccnc2CNN1Cc1nc(C2C3CN(c4ccnc(F)c4)CC32)no1. The zero-order valence-corrected chi connectivity index (χ0v) is 15.9. The minimum Gasteiger partial charge on any atom is -0.371 e. The minimum atomic E-state index is -0.466. The van der Waals surface area contributed by atoms with Crippen LogP contribution in [0.15, 0.2) is 41.2 Å². The van der Waals surface area contributed by atoms with Crippen LogP contribution in [0.5, 0.6) is 0 Å². The highest BCUT2D eigenvalue weighted by atomic mass is 19.1. The molecule has 1 amide bonds. The molecule has 3 aliphatic rings. The number of nitrogens with one attached hydrogen (secondary N) is 1. The fourth-order valence-electron chi connectivity index (χ4n) is 4.60. The van der Waals surface area contributed by atoms with Gasteiger partial charge in [0, 0.05) is 43.2 Å². The molecule has 10 heteroatoms. The molecule has 3 aromatic rings. The van der Waals surface area contributed by atoms with Crippen LogP contribution in [-0.4, -0.2) is 44.1 Å². The molecular weight excluding hydrogens is 389 g/mol. The van der Waals surface area contributed by atoms with E-state index in [1.807, 2.05) is 6.07 Å². The molecule has 0 bridgehead atoms. The third kappa shape index (κ3) is 2.83. The highest BCUT2D eigenvalue weighted by Gasteiger charge is 2.58. The first-order valence-corrected chi connectivity index (χ1v) is 9.85. The number of rotatable bonds is 4. The number of pyridine rings is 2. The van der Waals surface area contributed by atoms with E-state index >= 15 is 0 Å². The molecule has 6 rings (SSSR count). The zero-order valence-electron chi connectivity index (χ0n) is 15.9. The van der Waals surface area contributed by atoms with Crippen molar-refractivity contribution in [3.8, 4) is 0 Å². The average Bonchev–Trinajstić information content (AvgIpc) is 3.10. The fourth-order valence-corrected chi connectivity index (χ4v) is 4.60. The second kappa shape index (κ2) is 6.56. The maximum Gasteiger partial charge on any atom is 0.270 e. The van der Waals surface area contributed by atoms with Crippen molar-refractivity contribution in [1.82, 2.24) is 30.5 Å². The molecule has 1 saturated carbocycles. The van der Waals surface area contributed by atoms with Crippen LogP contribution in [-0.2, 0) is 13.1 Å². The Hall–Kier alpha value is -3.40. The molecule has 0 radical (unpaired) electrons. The van der Waals surface area contributed by atoms with Gasteiger partial charge in [-0.25, -0.2) is 10.4 Å². The predicted molar refractivity (Wildman–Crippen MR) is 101 cm³/mol. The molecule has 0 aromatic carbocycles. The number of halogens is 1. The second-order valence-electron chi connectivity index (χ2n) is 7.87. The number of hydrazine groups is 1. The first kappa shape index (κ1) is 17.5. The Balaban J connectivity index is 1.11. The Labute approximate surface area is 170 Å². The van der Waals surface area contributed by atoms with E-state index in [-0.39, 0.29) is 18.4 Å². The summed E-state index contributed by atoms with van der Waals surface area (Å²) in [6, 6.07) is 6.80. The van der Waals surface area contributed by atoms with Gasteiger partial charge in [-0.05, 0) is 30.0 Å². The molecule has 152 valence electrons. The third-order valence-corrected chi connectivity index (χ3v) is 6.15. The topological polar surface area (TPSA) is 100 Å². The van der Waals surface area contributed by atoms with Crippen LogP contribution in [0.3, 0.4) is 0 Å². The van der Waals surface area contributed by atoms with E-state index in [4.69, 9.17) is 4.52 Å². The summed E-state index contributed by atoms with van der Waals surface area (Å²) >= 11 is 0. The molecular formula is C20H18FN7O2. The quantitative estimate of drug-likeness (QED) is 0.650. The van der Waals surface area contributed by atoms with E-state index in [1.165, 1.54) is 17.3 Å². The first-order chi connectivity index (χ1) is 14.7. The Morgan fingerprint density at radius 2 is 2.07 bits per heavy atom. The van der Waals surface area contributed by atoms with Crippen LogP contribution in [0.4, 0.5) is 10.1 Å². The number of amides is 1. The molecule has 9 nitrogen and oxygen atoms in total. The van der Waals surface area contributed by atoms with Gasteiger partial charge in [0.05, 0.1) is 17.8 Å². The van der Waals surface area contributed by atoms with Crippen molar-refractivity contribution in [3.05, 3.63) is 65.6 Å². The van der Waals surface area contributed by atoms with Crippen molar-refractivity contribution in [1.29, 1.82) is 0 Å². The third-order valence-electron chi connectivity index (χ3n) is 6.15. The van der Waals surface area contributed by atoms with Gasteiger partial charge in [-0.1, -0.05) is 5.16 Å². The number of carbonyl (C=O) groups excluding carboxylic acids is 1. The van der Waals surface area contributed by atoms with E-state index in [9.17, 15) is 9.18 Å². The monoisotopic (exact) mass is 407 g/mol. The number of anilines is 1. The van der Waals surface area contributed by atoms with Crippen molar-refractivity contribution in [2.45, 2.75) is 19.0 Å². The van der Waals surface area contributed by atoms with Crippen LogP contribution in [0, 0.1) is 17.8 Å². The molecule has 2 atom stereocenters. The highest BCUT2D eigenvalue weighted by molar-refractivity contribution is 5.95. The summed E-state index contributed by atoms with van der Waals surface area (Å²) in [5.74, 6) is 1.57. The Morgan fingerprint density at radius 3 is 2.90 bits per heavy atom. The zero-order chi connectivity index (χ0) is 20.2. The molecule has 2 unspecified atom stereocenters. The van der Waals surface area contributed by atoms with E-state index in [0.29, 0.717) is 35.7 Å². The number of carbonyl (C=O) groups is 1. The summed E-state index contributed by atoms with van der Waals surface area (Å²) in [4.78, 5) is 27.2. The standard InChI is InChI=1S/C20H18FN7O2/c21-16-6-11(3-5-23-16)27-8-13-14(9-27)18(13)19-25-17(30-26-19)10-28-20(29)12-2-1-4-22-15(12)7-24-28/h1-6,13-14,18,24H,7-10H2. The van der Waals surface area contributed by atoms with E-state index in [0.717, 1.165) is 24.5 Å². The molecule has 30 heavy (non-hydrogen) atoms. The number of hydrogen-bond donors (Lipinski definition) is 1. The predicted octanol–water partition coefficient (Wildman–Crippen LogP) is 1.51. The van der Waals surface area contributed by atoms with Gasteiger partial charge in [0.2, 0.25) is 11.8 Å². The van der Waals surface area contributed by atoms with E-state index in [1.54, 1.807) is 18.3 Å². The van der Waals surface area contributed by atoms with Crippen LogP contribution in [0.2, 0.25) is 0 Å². The van der Waals surface area contributed by atoms with Gasteiger partial charge in [0.25, 0.3) is 5.91 Å². The smallest absolute Gasteiger partial charge is 0.270 e. The van der Waals surface area contributed by atoms with Crippen molar-refractivity contribution < 1.29 is 13.7 Å². The van der Waals surface area contributed by atoms with Gasteiger partial charge in [-0.3, -0.25) is 14.8 Å². The van der Waals surface area contributed by atoms with E-state index < -0.39 is 5.95 Å². The number of hydrogen-bond acceptors (Lipinski definition) is 8. The number of piperidine rings is 1. The van der Waals surface area contributed by atoms with Crippen molar-refractivity contribution in [2.24, 2.45) is 11.8 Å². The lowest BCUT2D eigenvalue weighted by Crippen LogP contribution is -2.46. The van der Waals surface area contributed by atoms with Crippen molar-refractivity contribution in [3.63, 3.8) is 0 Å². The molecule has 3 aromatic heterocycles. The molecule has 5 heterocycles. The summed E-state index contributed by atoms with van der Waals surface area (Å²) in [5.41, 5.74) is 5.22. The molecule has 1 aliphatic carbocycles. The molecule has 0 spiro atoms. The maximum absolute atomic E-state index is 13.4. The van der Waals surface area contributed by atoms with Gasteiger partial charge in [-0.2, -0.15) is 9.37 Å². The number of nitrogens with zero attached hydrogens (tertiary/aromatic N) is 6. The van der Waals surface area contributed by atoms with Crippen LogP contribution in [0.25, 0.3) is 0 Å².